The number of carboxylic acids is 1. The molecule has 59 heavy (non-hydrogen) atoms. The predicted molar refractivity (Wildman–Crippen MR) is 221 cm³/mol. The minimum atomic E-state index is -3.75. The minimum absolute atomic E-state index is 0.214. The fourth-order valence-corrected chi connectivity index (χ4v) is 8.57. The van der Waals surface area contributed by atoms with Crippen LogP contribution in [-0.4, -0.2) is 115 Å². The summed E-state index contributed by atoms with van der Waals surface area (Å²) in [6.45, 7) is 8.86. The molecule has 0 bridgehead atoms. The lowest BCUT2D eigenvalue weighted by Crippen LogP contribution is -2.61. The van der Waals surface area contributed by atoms with Gasteiger partial charge in [-0.2, -0.15) is 0 Å². The quantitative estimate of drug-likeness (QED) is 0.107. The summed E-state index contributed by atoms with van der Waals surface area (Å²) in [4.78, 5) is 31.7. The molecule has 0 spiro atoms. The van der Waals surface area contributed by atoms with Crippen molar-refractivity contribution in [1.82, 2.24) is 14.7 Å². The number of fused-ring (bicyclic) bond motifs is 1. The summed E-state index contributed by atoms with van der Waals surface area (Å²) in [5.74, 6) is -8.31. The Balaban J connectivity index is 1.42. The predicted octanol–water partition coefficient (Wildman–Crippen LogP) is 9.23. The molecule has 2 aliphatic heterocycles. The molecule has 0 unspecified atom stereocenters. The Morgan fingerprint density at radius 2 is 1.53 bits per heavy atom. The molecule has 2 fully saturated rings. The molecule has 0 radical (unpaired) electrons. The molecule has 0 aliphatic carbocycles. The lowest BCUT2D eigenvalue weighted by atomic mass is 9.69. The molecule has 1 atom stereocenters. The fraction of sp³-hybridized carbons (Fsp3) is 0.478. The zero-order chi connectivity index (χ0) is 43.2. The number of nitrogens with zero attached hydrogens (tertiary/aromatic N) is 3. The third-order valence-corrected chi connectivity index (χ3v) is 11.9. The third-order valence-electron chi connectivity index (χ3n) is 11.9. The molecule has 1 N–H and O–H groups in total. The van der Waals surface area contributed by atoms with Crippen LogP contribution in [0.5, 0.6) is 11.5 Å². The SMILES string of the molecule is C=C(C)C(F)(F)C1(C(=O)N(C)[C@@H](Cc2cccc3c(-c4c(OC)cccc4OCCN4CCC(F)(/C=C/C)CC4)cccc23)C(=O)O)CCN(CC(F)(F)/C=C/C)CC1. The van der Waals surface area contributed by atoms with Gasteiger partial charge in [-0.3, -0.25) is 14.6 Å². The number of likely N-dealkylation sites (N-methyl/N-ethyl adjacent to an activating group) is 1. The van der Waals surface area contributed by atoms with E-state index in [9.17, 15) is 27.9 Å². The highest BCUT2D eigenvalue weighted by atomic mass is 19.3. The van der Waals surface area contributed by atoms with Crippen molar-refractivity contribution in [3.63, 3.8) is 0 Å². The molecule has 320 valence electrons. The number of aliphatic carboxylic acids is 1. The average molecular weight is 826 g/mol. The van der Waals surface area contributed by atoms with E-state index >= 15 is 8.78 Å². The number of likely N-dealkylation sites (tertiary alicyclic amines) is 2. The molecule has 2 aliphatic rings. The molecule has 3 aromatic carbocycles. The van der Waals surface area contributed by atoms with Crippen LogP contribution in [-0.2, 0) is 16.0 Å². The van der Waals surface area contributed by atoms with E-state index in [-0.39, 0.29) is 19.5 Å². The van der Waals surface area contributed by atoms with Crippen LogP contribution in [0.15, 0.2) is 91.1 Å². The van der Waals surface area contributed by atoms with Gasteiger partial charge in [0.15, 0.2) is 0 Å². The van der Waals surface area contributed by atoms with Gasteiger partial charge in [-0.1, -0.05) is 67.3 Å². The van der Waals surface area contributed by atoms with Gasteiger partial charge in [0, 0.05) is 33.1 Å². The van der Waals surface area contributed by atoms with Crippen molar-refractivity contribution in [1.29, 1.82) is 0 Å². The Hall–Kier alpha value is -4.75. The summed E-state index contributed by atoms with van der Waals surface area (Å²) in [5, 5.41) is 12.0. The maximum absolute atomic E-state index is 16.2. The normalized spacial score (nSPS) is 18.3. The first-order chi connectivity index (χ1) is 27.9. The highest BCUT2D eigenvalue weighted by Gasteiger charge is 2.61. The number of carbonyl (C=O) groups excluding carboxylic acids is 1. The third kappa shape index (κ3) is 9.84. The molecule has 0 aromatic heterocycles. The van der Waals surface area contributed by atoms with Gasteiger partial charge in [-0.15, -0.1) is 0 Å². The Bertz CT molecular complexity index is 2040. The molecule has 5 rings (SSSR count). The van der Waals surface area contributed by atoms with Gasteiger partial charge in [0.05, 0.1) is 19.2 Å². The van der Waals surface area contributed by atoms with Gasteiger partial charge in [0.2, 0.25) is 5.91 Å². The van der Waals surface area contributed by atoms with Crippen LogP contribution in [0.2, 0.25) is 0 Å². The zero-order valence-corrected chi connectivity index (χ0v) is 34.6. The van der Waals surface area contributed by atoms with Crippen molar-refractivity contribution in [3.05, 3.63) is 96.6 Å². The van der Waals surface area contributed by atoms with E-state index in [2.05, 4.69) is 11.5 Å². The van der Waals surface area contributed by atoms with Crippen molar-refractivity contribution in [3.8, 4) is 22.6 Å². The largest absolute Gasteiger partial charge is 0.496 e. The van der Waals surface area contributed by atoms with Crippen LogP contribution in [0.3, 0.4) is 0 Å². The molecule has 13 heteroatoms. The maximum Gasteiger partial charge on any atom is 0.326 e. The second-order valence-electron chi connectivity index (χ2n) is 15.8. The summed E-state index contributed by atoms with van der Waals surface area (Å²) in [6, 6.07) is 14.9. The van der Waals surface area contributed by atoms with Crippen LogP contribution in [0, 0.1) is 5.41 Å². The fourth-order valence-electron chi connectivity index (χ4n) is 8.57. The number of carboxylic acid groups (broad SMARTS) is 1. The lowest BCUT2D eigenvalue weighted by Gasteiger charge is -2.47. The van der Waals surface area contributed by atoms with E-state index in [0.29, 0.717) is 67.1 Å². The molecule has 8 nitrogen and oxygen atoms in total. The number of ether oxygens (including phenoxy) is 2. The first-order valence-corrected chi connectivity index (χ1v) is 20.1. The number of hydrogen-bond donors (Lipinski definition) is 1. The number of amides is 1. The molecular weight excluding hydrogens is 770 g/mol. The molecule has 2 saturated heterocycles. The summed E-state index contributed by atoms with van der Waals surface area (Å²) in [7, 11) is 2.76. The van der Waals surface area contributed by atoms with Crippen LogP contribution >= 0.6 is 0 Å². The average Bonchev–Trinajstić information content (AvgIpc) is 3.20. The molecule has 1 amide bonds. The summed E-state index contributed by atoms with van der Waals surface area (Å²) in [5.41, 5.74) is -2.27. The van der Waals surface area contributed by atoms with E-state index < -0.39 is 65.8 Å². The maximum atomic E-state index is 16.2. The molecule has 3 aromatic rings. The number of methoxy groups -OCH3 is 1. The Morgan fingerprint density at radius 3 is 2.14 bits per heavy atom. The highest BCUT2D eigenvalue weighted by molar-refractivity contribution is 6.01. The monoisotopic (exact) mass is 825 g/mol. The first kappa shape index (κ1) is 45.3. The second-order valence-corrected chi connectivity index (χ2v) is 15.8. The number of piperidine rings is 2. The van der Waals surface area contributed by atoms with Gasteiger partial charge in [-0.25, -0.2) is 26.7 Å². The summed E-state index contributed by atoms with van der Waals surface area (Å²) < 4.78 is 88.4. The summed E-state index contributed by atoms with van der Waals surface area (Å²) in [6.07, 6.45) is 5.02. The topological polar surface area (TPSA) is 82.5 Å². The van der Waals surface area contributed by atoms with Crippen molar-refractivity contribution in [2.45, 2.75) is 76.4 Å². The molecular formula is C46H56F5N3O5. The number of alkyl halides is 5. The minimum Gasteiger partial charge on any atom is -0.496 e. The number of hydrogen-bond acceptors (Lipinski definition) is 6. The number of carbonyl (C=O) groups is 2. The van der Waals surface area contributed by atoms with E-state index in [1.54, 1.807) is 31.4 Å². The standard InChI is InChI=1S/C46H56F5N3O5/c1-7-18-43(47)20-24-53(25-21-43)28-29-59-39-17-11-16-38(58-6)40(39)36-15-10-13-34-33(12-9-14-35(34)36)30-37(41(55)56)52(5)42(57)44(46(50,51)32(3)4)22-26-54(27-23-44)31-45(48,49)19-8-2/h7-19,37H,3,20-31H2,1-2,4-6H3,(H,55,56)/b18-7+,19-8+/t37-/m0/s1. The van der Waals surface area contributed by atoms with E-state index in [4.69, 9.17) is 9.47 Å². The number of rotatable bonds is 17. The zero-order valence-electron chi connectivity index (χ0n) is 34.6. The van der Waals surface area contributed by atoms with E-state index in [1.807, 2.05) is 49.4 Å². The first-order valence-electron chi connectivity index (χ1n) is 20.1. The number of allylic oxidation sites excluding steroid dienone is 4. The Kier molecular flexibility index (Phi) is 14.3. The summed E-state index contributed by atoms with van der Waals surface area (Å²) >= 11 is 0. The number of benzene rings is 3. The number of halogens is 5. The second kappa shape index (κ2) is 18.7. The van der Waals surface area contributed by atoms with E-state index in [1.165, 1.54) is 24.9 Å². The van der Waals surface area contributed by atoms with Gasteiger partial charge in [0.1, 0.15) is 35.2 Å². The van der Waals surface area contributed by atoms with Crippen molar-refractivity contribution < 1.29 is 46.1 Å². The smallest absolute Gasteiger partial charge is 0.326 e. The van der Waals surface area contributed by atoms with Crippen molar-refractivity contribution in [2.75, 3.05) is 60.0 Å². The Morgan fingerprint density at radius 1 is 0.915 bits per heavy atom. The van der Waals surface area contributed by atoms with Crippen molar-refractivity contribution in [2.24, 2.45) is 5.41 Å². The highest BCUT2D eigenvalue weighted by Crippen LogP contribution is 2.50. The van der Waals surface area contributed by atoms with Crippen LogP contribution < -0.4 is 9.47 Å². The van der Waals surface area contributed by atoms with Gasteiger partial charge in [0.25, 0.3) is 11.8 Å². The van der Waals surface area contributed by atoms with Crippen LogP contribution in [0.1, 0.15) is 52.0 Å². The molecule has 2 heterocycles. The lowest BCUT2D eigenvalue weighted by molar-refractivity contribution is -0.177. The van der Waals surface area contributed by atoms with Crippen LogP contribution in [0.25, 0.3) is 21.9 Å². The van der Waals surface area contributed by atoms with Gasteiger partial charge < -0.3 is 19.5 Å². The van der Waals surface area contributed by atoms with Gasteiger partial charge >= 0.3 is 5.97 Å². The van der Waals surface area contributed by atoms with Crippen LogP contribution in [0.4, 0.5) is 22.0 Å². The van der Waals surface area contributed by atoms with E-state index in [0.717, 1.165) is 28.8 Å². The van der Waals surface area contributed by atoms with Crippen molar-refractivity contribution >= 4 is 22.6 Å². The molecule has 0 saturated carbocycles. The van der Waals surface area contributed by atoms with Gasteiger partial charge in [-0.05, 0) is 105 Å². The Labute approximate surface area is 343 Å².